The number of halogens is 1. The van der Waals surface area contributed by atoms with Crippen LogP contribution in [-0.2, 0) is 0 Å². The minimum atomic E-state index is -0.179. The van der Waals surface area contributed by atoms with Crippen LogP contribution in [-0.4, -0.2) is 19.6 Å². The maximum Gasteiger partial charge on any atom is 0.252 e. The number of fused-ring (bicyclic) bond motifs is 1. The highest BCUT2D eigenvalue weighted by Crippen LogP contribution is 2.26. The maximum absolute atomic E-state index is 5.99. The number of hydrogen-bond donors (Lipinski definition) is 0. The van der Waals surface area contributed by atoms with Crippen LogP contribution in [0.5, 0.6) is 5.75 Å². The highest BCUT2D eigenvalue weighted by atomic mass is 35.5. The van der Waals surface area contributed by atoms with Gasteiger partial charge in [-0.3, -0.25) is 0 Å². The molecule has 0 saturated carbocycles. The summed E-state index contributed by atoms with van der Waals surface area (Å²) >= 11 is 5.95. The molecule has 2 aromatic heterocycles. The van der Waals surface area contributed by atoms with E-state index >= 15 is 0 Å². The Labute approximate surface area is 121 Å². The lowest BCUT2D eigenvalue weighted by molar-refractivity contribution is 0.217. The highest BCUT2D eigenvalue weighted by Gasteiger charge is 2.14. The normalized spacial score (nSPS) is 12.6. The SMILES string of the molecule is Cc1cc(Cl)ccc1O[C@H](C)c1ccnc2ncnn12. The lowest BCUT2D eigenvalue weighted by Gasteiger charge is -2.17. The molecule has 6 heteroatoms. The minimum absolute atomic E-state index is 0.179. The molecule has 0 radical (unpaired) electrons. The molecule has 2 heterocycles. The first-order valence-electron chi connectivity index (χ1n) is 6.22. The molecule has 1 atom stereocenters. The number of hydrogen-bond acceptors (Lipinski definition) is 4. The van der Waals surface area contributed by atoms with E-state index in [2.05, 4.69) is 15.1 Å². The monoisotopic (exact) mass is 288 g/mol. The van der Waals surface area contributed by atoms with Gasteiger partial charge in [0.25, 0.3) is 5.78 Å². The van der Waals surface area contributed by atoms with Gasteiger partial charge in [-0.25, -0.2) is 4.98 Å². The molecule has 102 valence electrons. The lowest BCUT2D eigenvalue weighted by atomic mass is 10.2. The van der Waals surface area contributed by atoms with Crippen LogP contribution in [0.3, 0.4) is 0 Å². The largest absolute Gasteiger partial charge is 0.484 e. The van der Waals surface area contributed by atoms with E-state index in [0.29, 0.717) is 10.8 Å². The molecule has 0 unspecified atom stereocenters. The van der Waals surface area contributed by atoms with E-state index in [4.69, 9.17) is 16.3 Å². The van der Waals surface area contributed by atoms with Gasteiger partial charge in [0.05, 0.1) is 5.69 Å². The molecule has 3 rings (SSSR count). The Morgan fingerprint density at radius 1 is 1.25 bits per heavy atom. The second kappa shape index (κ2) is 5.09. The summed E-state index contributed by atoms with van der Waals surface area (Å²) in [6.45, 7) is 3.93. The summed E-state index contributed by atoms with van der Waals surface area (Å²) in [5.41, 5.74) is 1.88. The van der Waals surface area contributed by atoms with Crippen molar-refractivity contribution >= 4 is 17.4 Å². The van der Waals surface area contributed by atoms with Gasteiger partial charge in [0, 0.05) is 11.2 Å². The van der Waals surface area contributed by atoms with E-state index < -0.39 is 0 Å². The molecule has 3 aromatic rings. The van der Waals surface area contributed by atoms with E-state index in [9.17, 15) is 0 Å². The van der Waals surface area contributed by atoms with Crippen molar-refractivity contribution in [2.75, 3.05) is 0 Å². The molecule has 20 heavy (non-hydrogen) atoms. The highest BCUT2D eigenvalue weighted by molar-refractivity contribution is 6.30. The summed E-state index contributed by atoms with van der Waals surface area (Å²) in [7, 11) is 0. The second-order valence-electron chi connectivity index (χ2n) is 4.51. The van der Waals surface area contributed by atoms with E-state index in [1.165, 1.54) is 6.33 Å². The molecule has 5 nitrogen and oxygen atoms in total. The first kappa shape index (κ1) is 12.9. The van der Waals surface area contributed by atoms with Crippen molar-refractivity contribution < 1.29 is 4.74 Å². The standard InChI is InChI=1S/C14H13ClN4O/c1-9-7-11(15)3-4-13(9)20-10(2)12-5-6-16-14-17-8-18-19(12)14/h3-8,10H,1-2H3/t10-/m1/s1. The molecular weight excluding hydrogens is 276 g/mol. The van der Waals surface area contributed by atoms with Crippen LogP contribution in [0, 0.1) is 6.92 Å². The fourth-order valence-corrected chi connectivity index (χ4v) is 2.29. The molecule has 0 amide bonds. The van der Waals surface area contributed by atoms with Crippen molar-refractivity contribution in [3.05, 3.63) is 53.1 Å². The molecule has 0 N–H and O–H groups in total. The van der Waals surface area contributed by atoms with Crippen LogP contribution in [0.4, 0.5) is 0 Å². The van der Waals surface area contributed by atoms with Crippen LogP contribution in [0.15, 0.2) is 36.8 Å². The van der Waals surface area contributed by atoms with Gasteiger partial charge in [-0.2, -0.15) is 14.6 Å². The Morgan fingerprint density at radius 2 is 2.10 bits per heavy atom. The van der Waals surface area contributed by atoms with Crippen LogP contribution < -0.4 is 4.74 Å². The third-order valence-corrected chi connectivity index (χ3v) is 3.30. The molecule has 0 bridgehead atoms. The van der Waals surface area contributed by atoms with Gasteiger partial charge in [-0.1, -0.05) is 11.6 Å². The number of ether oxygens (including phenoxy) is 1. The van der Waals surface area contributed by atoms with Gasteiger partial charge in [-0.05, 0) is 43.7 Å². The molecule has 0 fully saturated rings. The third kappa shape index (κ3) is 2.32. The Bertz CT molecular complexity index is 756. The predicted molar refractivity (Wildman–Crippen MR) is 76.0 cm³/mol. The fraction of sp³-hybridized carbons (Fsp3) is 0.214. The Kier molecular flexibility index (Phi) is 3.28. The quantitative estimate of drug-likeness (QED) is 0.742. The van der Waals surface area contributed by atoms with Gasteiger partial charge in [0.1, 0.15) is 18.2 Å². The summed E-state index contributed by atoms with van der Waals surface area (Å²) < 4.78 is 7.67. The summed E-state index contributed by atoms with van der Waals surface area (Å²) in [6, 6.07) is 7.43. The average molecular weight is 289 g/mol. The smallest absolute Gasteiger partial charge is 0.252 e. The molecule has 0 aliphatic rings. The van der Waals surface area contributed by atoms with Gasteiger partial charge in [0.2, 0.25) is 0 Å². The Balaban J connectivity index is 1.93. The first-order valence-corrected chi connectivity index (χ1v) is 6.60. The van der Waals surface area contributed by atoms with Gasteiger partial charge >= 0.3 is 0 Å². The van der Waals surface area contributed by atoms with Crippen molar-refractivity contribution in [1.82, 2.24) is 19.6 Å². The summed E-state index contributed by atoms with van der Waals surface area (Å²) in [6.07, 6.45) is 3.00. The molecule has 0 saturated heterocycles. The fourth-order valence-electron chi connectivity index (χ4n) is 2.06. The average Bonchev–Trinajstić information content (AvgIpc) is 2.90. The van der Waals surface area contributed by atoms with Crippen molar-refractivity contribution in [1.29, 1.82) is 0 Å². The molecule has 0 spiro atoms. The molecular formula is C14H13ClN4O. The zero-order chi connectivity index (χ0) is 14.1. The number of aromatic nitrogens is 4. The van der Waals surface area contributed by atoms with Crippen molar-refractivity contribution in [2.24, 2.45) is 0 Å². The van der Waals surface area contributed by atoms with Gasteiger partial charge in [0.15, 0.2) is 0 Å². The molecule has 1 aromatic carbocycles. The van der Waals surface area contributed by atoms with E-state index in [0.717, 1.165) is 17.0 Å². The van der Waals surface area contributed by atoms with Crippen LogP contribution in [0.25, 0.3) is 5.78 Å². The lowest BCUT2D eigenvalue weighted by Crippen LogP contribution is -2.10. The van der Waals surface area contributed by atoms with E-state index in [1.54, 1.807) is 10.7 Å². The zero-order valence-electron chi connectivity index (χ0n) is 11.1. The molecule has 0 aliphatic carbocycles. The zero-order valence-corrected chi connectivity index (χ0v) is 11.9. The minimum Gasteiger partial charge on any atom is -0.484 e. The second-order valence-corrected chi connectivity index (χ2v) is 4.95. The first-order chi connectivity index (χ1) is 9.65. The summed E-state index contributed by atoms with van der Waals surface area (Å²) in [4.78, 5) is 8.20. The number of nitrogens with zero attached hydrogens (tertiary/aromatic N) is 4. The van der Waals surface area contributed by atoms with Gasteiger partial charge < -0.3 is 4.74 Å². The van der Waals surface area contributed by atoms with Gasteiger partial charge in [-0.15, -0.1) is 0 Å². The van der Waals surface area contributed by atoms with Crippen LogP contribution >= 0.6 is 11.6 Å². The Morgan fingerprint density at radius 3 is 2.90 bits per heavy atom. The third-order valence-electron chi connectivity index (χ3n) is 3.07. The topological polar surface area (TPSA) is 52.3 Å². The van der Waals surface area contributed by atoms with Crippen molar-refractivity contribution in [2.45, 2.75) is 20.0 Å². The predicted octanol–water partition coefficient (Wildman–Crippen LogP) is 3.23. The molecule has 0 aliphatic heterocycles. The number of rotatable bonds is 3. The summed E-state index contributed by atoms with van der Waals surface area (Å²) in [5, 5.41) is 4.86. The van der Waals surface area contributed by atoms with Crippen LogP contribution in [0.2, 0.25) is 5.02 Å². The number of benzene rings is 1. The maximum atomic E-state index is 5.99. The van der Waals surface area contributed by atoms with Crippen molar-refractivity contribution in [3.8, 4) is 5.75 Å². The number of aryl methyl sites for hydroxylation is 1. The van der Waals surface area contributed by atoms with Crippen molar-refractivity contribution in [3.63, 3.8) is 0 Å². The Hall–Kier alpha value is -2.14. The van der Waals surface area contributed by atoms with Crippen LogP contribution in [0.1, 0.15) is 24.3 Å². The summed E-state index contributed by atoms with van der Waals surface area (Å²) in [5.74, 6) is 1.36. The van der Waals surface area contributed by atoms with E-state index in [-0.39, 0.29) is 6.10 Å². The van der Waals surface area contributed by atoms with E-state index in [1.807, 2.05) is 38.1 Å².